The molecule has 5 nitrogen and oxygen atoms in total. The molecule has 1 amide bonds. The van der Waals surface area contributed by atoms with Gasteiger partial charge < -0.3 is 9.47 Å². The van der Waals surface area contributed by atoms with Crippen LogP contribution in [0.2, 0.25) is 0 Å². The van der Waals surface area contributed by atoms with Crippen LogP contribution in [-0.2, 0) is 20.9 Å². The molecule has 0 aromatic heterocycles. The van der Waals surface area contributed by atoms with Gasteiger partial charge in [0, 0.05) is 6.54 Å². The molecule has 1 aromatic rings. The number of hydrogen-bond donors (Lipinski definition) is 0. The highest BCUT2D eigenvalue weighted by atomic mass is 16.6. The number of piperidine rings is 1. The van der Waals surface area contributed by atoms with Gasteiger partial charge >= 0.3 is 12.1 Å². The third-order valence-electron chi connectivity index (χ3n) is 3.48. The van der Waals surface area contributed by atoms with E-state index >= 15 is 0 Å². The SMILES string of the molecule is C=C1CCN(C(=O)OCc2ccccc2)[C@@H](C(=O)OC)C1. The summed E-state index contributed by atoms with van der Waals surface area (Å²) in [5.41, 5.74) is 1.85. The predicted octanol–water partition coefficient (Wildman–Crippen LogP) is 2.52. The standard InChI is InChI=1S/C16H19NO4/c1-12-8-9-17(14(10-12)15(18)20-2)16(19)21-11-13-6-4-3-5-7-13/h3-7,14H,1,8-11H2,2H3/t14-/m1/s1. The molecule has 1 aromatic carbocycles. The zero-order valence-corrected chi connectivity index (χ0v) is 12.1. The van der Waals surface area contributed by atoms with E-state index in [1.165, 1.54) is 12.0 Å². The molecule has 5 heteroatoms. The molecule has 0 saturated carbocycles. The number of methoxy groups -OCH3 is 1. The van der Waals surface area contributed by atoms with Crippen molar-refractivity contribution in [2.45, 2.75) is 25.5 Å². The Kier molecular flexibility index (Phi) is 4.98. The van der Waals surface area contributed by atoms with Gasteiger partial charge in [-0.25, -0.2) is 9.59 Å². The van der Waals surface area contributed by atoms with Gasteiger partial charge in [0.05, 0.1) is 7.11 Å². The van der Waals surface area contributed by atoms with Crippen molar-refractivity contribution in [2.75, 3.05) is 13.7 Å². The Morgan fingerprint density at radius 3 is 2.71 bits per heavy atom. The summed E-state index contributed by atoms with van der Waals surface area (Å²) in [7, 11) is 1.31. The first kappa shape index (κ1) is 15.1. The van der Waals surface area contributed by atoms with Crippen molar-refractivity contribution in [3.05, 3.63) is 48.0 Å². The molecule has 1 atom stereocenters. The summed E-state index contributed by atoms with van der Waals surface area (Å²) >= 11 is 0. The van der Waals surface area contributed by atoms with E-state index in [1.54, 1.807) is 0 Å². The summed E-state index contributed by atoms with van der Waals surface area (Å²) in [4.78, 5) is 25.4. The normalized spacial score (nSPS) is 18.2. The molecule has 1 heterocycles. The van der Waals surface area contributed by atoms with Crippen LogP contribution in [-0.4, -0.2) is 36.7 Å². The largest absolute Gasteiger partial charge is 0.467 e. The topological polar surface area (TPSA) is 55.8 Å². The van der Waals surface area contributed by atoms with Gasteiger partial charge in [0.25, 0.3) is 0 Å². The number of hydrogen-bond acceptors (Lipinski definition) is 4. The molecule has 0 aliphatic carbocycles. The molecule has 1 fully saturated rings. The van der Waals surface area contributed by atoms with Gasteiger partial charge in [-0.05, 0) is 18.4 Å². The van der Waals surface area contributed by atoms with Gasteiger partial charge in [0.2, 0.25) is 0 Å². The monoisotopic (exact) mass is 289 g/mol. The van der Waals surface area contributed by atoms with Gasteiger partial charge in [-0.2, -0.15) is 0 Å². The number of carbonyl (C=O) groups is 2. The van der Waals surface area contributed by atoms with Crippen LogP contribution in [0.25, 0.3) is 0 Å². The van der Waals surface area contributed by atoms with Gasteiger partial charge in [-0.3, -0.25) is 4.90 Å². The number of likely N-dealkylation sites (tertiary alicyclic amines) is 1. The molecule has 1 saturated heterocycles. The summed E-state index contributed by atoms with van der Waals surface area (Å²) in [5, 5.41) is 0. The van der Waals surface area contributed by atoms with Crippen molar-refractivity contribution < 1.29 is 19.1 Å². The van der Waals surface area contributed by atoms with Gasteiger partial charge in [-0.1, -0.05) is 42.5 Å². The number of amides is 1. The molecule has 1 aliphatic heterocycles. The minimum atomic E-state index is -0.639. The average molecular weight is 289 g/mol. The van der Waals surface area contributed by atoms with E-state index in [4.69, 9.17) is 9.47 Å². The summed E-state index contributed by atoms with van der Waals surface area (Å²) in [5.74, 6) is -0.437. The molecule has 0 bridgehead atoms. The second kappa shape index (κ2) is 6.92. The van der Waals surface area contributed by atoms with Crippen molar-refractivity contribution in [2.24, 2.45) is 0 Å². The highest BCUT2D eigenvalue weighted by molar-refractivity contribution is 5.82. The van der Waals surface area contributed by atoms with Crippen LogP contribution in [0, 0.1) is 0 Å². The smallest absolute Gasteiger partial charge is 0.410 e. The van der Waals surface area contributed by atoms with Crippen LogP contribution in [0.1, 0.15) is 18.4 Å². The van der Waals surface area contributed by atoms with Crippen LogP contribution in [0.15, 0.2) is 42.5 Å². The van der Waals surface area contributed by atoms with Crippen LogP contribution >= 0.6 is 0 Å². The number of rotatable bonds is 3. The second-order valence-electron chi connectivity index (χ2n) is 4.98. The van der Waals surface area contributed by atoms with Crippen molar-refractivity contribution in [1.29, 1.82) is 0 Å². The molecule has 0 unspecified atom stereocenters. The zero-order chi connectivity index (χ0) is 15.2. The molecule has 0 N–H and O–H groups in total. The molecule has 0 spiro atoms. The number of ether oxygens (including phenoxy) is 2. The zero-order valence-electron chi connectivity index (χ0n) is 12.1. The Morgan fingerprint density at radius 1 is 1.33 bits per heavy atom. The van der Waals surface area contributed by atoms with Crippen LogP contribution in [0.4, 0.5) is 4.79 Å². The lowest BCUT2D eigenvalue weighted by Gasteiger charge is -2.33. The lowest BCUT2D eigenvalue weighted by molar-refractivity contribution is -0.147. The minimum absolute atomic E-state index is 0.186. The fourth-order valence-electron chi connectivity index (χ4n) is 2.29. The molecular formula is C16H19NO4. The van der Waals surface area contributed by atoms with Gasteiger partial charge in [-0.15, -0.1) is 0 Å². The molecule has 21 heavy (non-hydrogen) atoms. The summed E-state index contributed by atoms with van der Waals surface area (Å²) in [6.07, 6.45) is 0.600. The molecule has 1 aliphatic rings. The highest BCUT2D eigenvalue weighted by Crippen LogP contribution is 2.22. The Morgan fingerprint density at radius 2 is 2.05 bits per heavy atom. The van der Waals surface area contributed by atoms with E-state index in [0.717, 1.165) is 11.1 Å². The summed E-state index contributed by atoms with van der Waals surface area (Å²) in [6.45, 7) is 4.49. The third-order valence-corrected chi connectivity index (χ3v) is 3.48. The Balaban J connectivity index is 1.99. The van der Waals surface area contributed by atoms with E-state index < -0.39 is 18.1 Å². The Hall–Kier alpha value is -2.30. The fraction of sp³-hybridized carbons (Fsp3) is 0.375. The van der Waals surface area contributed by atoms with E-state index in [9.17, 15) is 9.59 Å². The fourth-order valence-corrected chi connectivity index (χ4v) is 2.29. The van der Waals surface area contributed by atoms with Crippen LogP contribution < -0.4 is 0 Å². The maximum absolute atomic E-state index is 12.2. The number of nitrogens with zero attached hydrogens (tertiary/aromatic N) is 1. The molecule has 112 valence electrons. The van der Waals surface area contributed by atoms with Gasteiger partial charge in [0.15, 0.2) is 0 Å². The minimum Gasteiger partial charge on any atom is -0.467 e. The van der Waals surface area contributed by atoms with Crippen LogP contribution in [0.5, 0.6) is 0 Å². The maximum Gasteiger partial charge on any atom is 0.410 e. The Labute approximate surface area is 124 Å². The summed E-state index contributed by atoms with van der Waals surface area (Å²) in [6, 6.07) is 8.78. The average Bonchev–Trinajstić information content (AvgIpc) is 2.52. The lowest BCUT2D eigenvalue weighted by Crippen LogP contribution is -2.49. The van der Waals surface area contributed by atoms with Crippen molar-refractivity contribution in [3.63, 3.8) is 0 Å². The third kappa shape index (κ3) is 3.84. The van der Waals surface area contributed by atoms with Crippen molar-refractivity contribution in [3.8, 4) is 0 Å². The van der Waals surface area contributed by atoms with E-state index in [0.29, 0.717) is 19.4 Å². The van der Waals surface area contributed by atoms with Gasteiger partial charge in [0.1, 0.15) is 12.6 Å². The first-order valence-corrected chi connectivity index (χ1v) is 6.83. The first-order valence-electron chi connectivity index (χ1n) is 6.83. The number of carbonyl (C=O) groups excluding carboxylic acids is 2. The van der Waals surface area contributed by atoms with Crippen molar-refractivity contribution in [1.82, 2.24) is 4.90 Å². The number of esters is 1. The van der Waals surface area contributed by atoms with E-state index in [2.05, 4.69) is 6.58 Å². The summed E-state index contributed by atoms with van der Waals surface area (Å²) < 4.78 is 10.0. The first-order chi connectivity index (χ1) is 10.1. The quantitative estimate of drug-likeness (QED) is 0.634. The molecule has 0 radical (unpaired) electrons. The maximum atomic E-state index is 12.2. The second-order valence-corrected chi connectivity index (χ2v) is 4.98. The van der Waals surface area contributed by atoms with Crippen molar-refractivity contribution >= 4 is 12.1 Å². The van der Waals surface area contributed by atoms with Crippen LogP contribution in [0.3, 0.4) is 0 Å². The van der Waals surface area contributed by atoms with E-state index in [1.807, 2.05) is 30.3 Å². The molecule has 2 rings (SSSR count). The highest BCUT2D eigenvalue weighted by Gasteiger charge is 2.35. The lowest BCUT2D eigenvalue weighted by atomic mass is 9.98. The predicted molar refractivity (Wildman–Crippen MR) is 77.5 cm³/mol. The number of benzene rings is 1. The Bertz CT molecular complexity index is 526. The van der Waals surface area contributed by atoms with E-state index in [-0.39, 0.29) is 6.61 Å². The molecular weight excluding hydrogens is 270 g/mol.